The summed E-state index contributed by atoms with van der Waals surface area (Å²) in [6.45, 7) is 11.1. The van der Waals surface area contributed by atoms with Crippen molar-refractivity contribution in [2.75, 3.05) is 20.8 Å². The fourth-order valence-corrected chi connectivity index (χ4v) is 4.93. The van der Waals surface area contributed by atoms with Crippen LogP contribution in [-0.2, 0) is 37.5 Å². The van der Waals surface area contributed by atoms with Crippen LogP contribution in [0.2, 0.25) is 0 Å². The van der Waals surface area contributed by atoms with Crippen LogP contribution in [0.3, 0.4) is 0 Å². The molecule has 41 heavy (non-hydrogen) atoms. The molecule has 224 valence electrons. The zero-order valence-electron chi connectivity index (χ0n) is 25.0. The summed E-state index contributed by atoms with van der Waals surface area (Å²) in [5.74, 6) is -0.238. The second-order valence-corrected chi connectivity index (χ2v) is 11.5. The number of hydrogen-bond donors (Lipinski definition) is 4. The quantitative estimate of drug-likeness (QED) is 0.318. The summed E-state index contributed by atoms with van der Waals surface area (Å²) in [5, 5.41) is 14.9. The standard InChI is InChI=1S/C30H41N3O8/c1-16(41-29(2,3)4)25(31)28(37)33-15-23(34)32-14-18-22(39-8)12-10-20-27(18)40-26-17(13-24(35)36)21(38-7)11-9-19(26)30(20,5)6/h9-12,16,25H,13-15,31H2,1-8H3,(H,32,34)(H,33,37)(H,35,36)/t16-,25+/m1/s1. The molecule has 11 heteroatoms. The van der Waals surface area contributed by atoms with E-state index in [4.69, 9.17) is 24.7 Å². The predicted octanol–water partition coefficient (Wildman–Crippen LogP) is 3.03. The zero-order valence-corrected chi connectivity index (χ0v) is 25.0. The first kappa shape index (κ1) is 31.7. The summed E-state index contributed by atoms with van der Waals surface area (Å²) in [5.41, 5.74) is 7.61. The Morgan fingerprint density at radius 1 is 0.976 bits per heavy atom. The number of nitrogens with two attached hydrogens (primary N) is 1. The van der Waals surface area contributed by atoms with Crippen molar-refractivity contribution < 1.29 is 38.4 Å². The van der Waals surface area contributed by atoms with Gasteiger partial charge in [-0.2, -0.15) is 0 Å². The Bertz CT molecular complexity index is 1320. The molecule has 0 spiro atoms. The highest BCUT2D eigenvalue weighted by molar-refractivity contribution is 5.87. The van der Waals surface area contributed by atoms with E-state index in [9.17, 15) is 19.5 Å². The van der Waals surface area contributed by atoms with Crippen molar-refractivity contribution in [3.05, 3.63) is 46.5 Å². The van der Waals surface area contributed by atoms with Crippen LogP contribution in [-0.4, -0.2) is 61.4 Å². The van der Waals surface area contributed by atoms with Crippen molar-refractivity contribution in [1.82, 2.24) is 10.6 Å². The van der Waals surface area contributed by atoms with Crippen LogP contribution in [0.5, 0.6) is 23.0 Å². The van der Waals surface area contributed by atoms with Gasteiger partial charge in [-0.1, -0.05) is 26.0 Å². The molecule has 5 N–H and O–H groups in total. The van der Waals surface area contributed by atoms with Gasteiger partial charge in [0, 0.05) is 22.1 Å². The molecule has 0 aromatic heterocycles. The number of ether oxygens (including phenoxy) is 4. The Labute approximate surface area is 240 Å². The number of benzene rings is 2. The van der Waals surface area contributed by atoms with Crippen molar-refractivity contribution in [2.24, 2.45) is 5.73 Å². The molecule has 0 bridgehead atoms. The second-order valence-electron chi connectivity index (χ2n) is 11.5. The summed E-state index contributed by atoms with van der Waals surface area (Å²) >= 11 is 0. The Balaban J connectivity index is 1.84. The molecule has 0 aliphatic carbocycles. The molecule has 0 fully saturated rings. The lowest BCUT2D eigenvalue weighted by molar-refractivity contribution is -0.136. The van der Waals surface area contributed by atoms with Gasteiger partial charge in [0.15, 0.2) is 0 Å². The van der Waals surface area contributed by atoms with E-state index in [1.54, 1.807) is 19.1 Å². The van der Waals surface area contributed by atoms with Crippen molar-refractivity contribution in [1.29, 1.82) is 0 Å². The number of hydrogen-bond acceptors (Lipinski definition) is 8. The van der Waals surface area contributed by atoms with Crippen molar-refractivity contribution in [2.45, 2.75) is 77.7 Å². The van der Waals surface area contributed by atoms with E-state index in [-0.39, 0.29) is 19.5 Å². The van der Waals surface area contributed by atoms with Crippen LogP contribution in [0, 0.1) is 0 Å². The maximum Gasteiger partial charge on any atom is 0.308 e. The summed E-state index contributed by atoms with van der Waals surface area (Å²) in [6.07, 6.45) is -0.846. The number of methoxy groups -OCH3 is 2. The number of carboxylic acids is 1. The Hall–Kier alpha value is -3.83. The summed E-state index contributed by atoms with van der Waals surface area (Å²) in [7, 11) is 2.99. The number of carboxylic acid groups (broad SMARTS) is 1. The van der Waals surface area contributed by atoms with Crippen LogP contribution in [0.1, 0.15) is 63.8 Å². The third-order valence-electron chi connectivity index (χ3n) is 6.99. The maximum absolute atomic E-state index is 12.7. The minimum Gasteiger partial charge on any atom is -0.496 e. The van der Waals surface area contributed by atoms with E-state index in [0.717, 1.165) is 11.1 Å². The molecule has 0 radical (unpaired) electrons. The molecule has 3 rings (SSSR count). The van der Waals surface area contributed by atoms with Gasteiger partial charge in [-0.3, -0.25) is 14.4 Å². The molecular weight excluding hydrogens is 530 g/mol. The lowest BCUT2D eigenvalue weighted by atomic mass is 9.74. The monoisotopic (exact) mass is 571 g/mol. The van der Waals surface area contributed by atoms with E-state index in [0.29, 0.717) is 34.1 Å². The normalized spacial score (nSPS) is 15.0. The lowest BCUT2D eigenvalue weighted by Crippen LogP contribution is -2.51. The topological polar surface area (TPSA) is 158 Å². The molecule has 1 heterocycles. The molecular formula is C30H41N3O8. The van der Waals surface area contributed by atoms with Crippen LogP contribution in [0.15, 0.2) is 24.3 Å². The van der Waals surface area contributed by atoms with Crippen molar-refractivity contribution >= 4 is 17.8 Å². The molecule has 2 aromatic carbocycles. The number of fused-ring (bicyclic) bond motifs is 2. The average molecular weight is 572 g/mol. The minimum atomic E-state index is -1.02. The van der Waals surface area contributed by atoms with Gasteiger partial charge in [0.1, 0.15) is 29.0 Å². The molecule has 2 aromatic rings. The van der Waals surface area contributed by atoms with E-state index in [1.165, 1.54) is 14.2 Å². The minimum absolute atomic E-state index is 0.0281. The highest BCUT2D eigenvalue weighted by Crippen LogP contribution is 2.53. The average Bonchev–Trinajstić information content (AvgIpc) is 2.88. The first-order chi connectivity index (χ1) is 19.1. The number of aliphatic carboxylic acids is 1. The first-order valence-electron chi connectivity index (χ1n) is 13.4. The Kier molecular flexibility index (Phi) is 9.55. The van der Waals surface area contributed by atoms with E-state index in [1.807, 2.05) is 46.8 Å². The maximum atomic E-state index is 12.7. The highest BCUT2D eigenvalue weighted by atomic mass is 16.5. The summed E-state index contributed by atoms with van der Waals surface area (Å²) in [6, 6.07) is 6.36. The van der Waals surface area contributed by atoms with E-state index in [2.05, 4.69) is 10.6 Å². The highest BCUT2D eigenvalue weighted by Gasteiger charge is 2.38. The van der Waals surface area contributed by atoms with Gasteiger partial charge < -0.3 is 40.4 Å². The Morgan fingerprint density at radius 3 is 2.02 bits per heavy atom. The molecule has 0 saturated carbocycles. The fraction of sp³-hybridized carbons (Fsp3) is 0.500. The van der Waals surface area contributed by atoms with E-state index < -0.39 is 40.9 Å². The number of rotatable bonds is 11. The van der Waals surface area contributed by atoms with Gasteiger partial charge in [-0.25, -0.2) is 0 Å². The van der Waals surface area contributed by atoms with Crippen LogP contribution >= 0.6 is 0 Å². The molecule has 2 amide bonds. The molecule has 1 aliphatic heterocycles. The third-order valence-corrected chi connectivity index (χ3v) is 6.99. The second kappa shape index (κ2) is 12.4. The van der Waals surface area contributed by atoms with Gasteiger partial charge >= 0.3 is 5.97 Å². The molecule has 0 unspecified atom stereocenters. The Morgan fingerprint density at radius 2 is 1.51 bits per heavy atom. The third kappa shape index (κ3) is 7.09. The number of amides is 2. The predicted molar refractivity (Wildman–Crippen MR) is 153 cm³/mol. The van der Waals surface area contributed by atoms with Crippen molar-refractivity contribution in [3.63, 3.8) is 0 Å². The number of carbonyl (C=O) groups excluding carboxylic acids is 2. The molecule has 1 aliphatic rings. The molecule has 0 saturated heterocycles. The van der Waals surface area contributed by atoms with Gasteiger partial charge in [0.05, 0.1) is 51.0 Å². The molecule has 2 atom stereocenters. The first-order valence-corrected chi connectivity index (χ1v) is 13.4. The smallest absolute Gasteiger partial charge is 0.308 e. The number of carbonyl (C=O) groups is 3. The SMILES string of the molecule is COc1ccc2c(c1CNC(=O)CNC(=O)[C@@H](N)[C@@H](C)OC(C)(C)C)Oc1c(ccc(OC)c1CC(=O)O)C2(C)C. The van der Waals surface area contributed by atoms with Gasteiger partial charge in [-0.15, -0.1) is 0 Å². The van der Waals surface area contributed by atoms with Gasteiger partial charge in [0.2, 0.25) is 11.8 Å². The molecule has 11 nitrogen and oxygen atoms in total. The zero-order chi connectivity index (χ0) is 30.7. The van der Waals surface area contributed by atoms with Crippen LogP contribution in [0.4, 0.5) is 0 Å². The summed E-state index contributed by atoms with van der Waals surface area (Å²) in [4.78, 5) is 36.9. The largest absolute Gasteiger partial charge is 0.496 e. The summed E-state index contributed by atoms with van der Waals surface area (Å²) < 4.78 is 23.2. The van der Waals surface area contributed by atoms with Crippen LogP contribution < -0.4 is 30.6 Å². The van der Waals surface area contributed by atoms with Gasteiger partial charge in [-0.05, 0) is 39.8 Å². The fourth-order valence-electron chi connectivity index (χ4n) is 4.93. The van der Waals surface area contributed by atoms with Crippen LogP contribution in [0.25, 0.3) is 0 Å². The van der Waals surface area contributed by atoms with E-state index >= 15 is 0 Å². The van der Waals surface area contributed by atoms with Crippen molar-refractivity contribution in [3.8, 4) is 23.0 Å². The lowest BCUT2D eigenvalue weighted by Gasteiger charge is -2.37. The van der Waals surface area contributed by atoms with Gasteiger partial charge in [0.25, 0.3) is 0 Å². The number of nitrogens with one attached hydrogen (secondary N) is 2.